The zero-order chi connectivity index (χ0) is 15.2. The Morgan fingerprint density at radius 2 is 1.81 bits per heavy atom. The Hall–Kier alpha value is -2.27. The number of methoxy groups -OCH3 is 2. The molecule has 0 fully saturated rings. The monoisotopic (exact) mass is 292 g/mol. The van der Waals surface area contributed by atoms with E-state index in [4.69, 9.17) is 14.2 Å². The summed E-state index contributed by atoms with van der Waals surface area (Å²) in [5.41, 5.74) is 1.31. The number of hydrogen-bond acceptors (Lipinski definition) is 4. The molecule has 0 radical (unpaired) electrons. The number of aliphatic hydroxyl groups is 1. The van der Waals surface area contributed by atoms with Gasteiger partial charge in [0.1, 0.15) is 18.1 Å². The molecule has 0 bridgehead atoms. The fourth-order valence-corrected chi connectivity index (χ4v) is 1.89. The maximum absolute atomic E-state index is 13.6. The molecule has 4 nitrogen and oxygen atoms in total. The first-order chi connectivity index (χ1) is 10.2. The van der Waals surface area contributed by atoms with Gasteiger partial charge in [-0.1, -0.05) is 6.07 Å². The van der Waals surface area contributed by atoms with Crippen molar-refractivity contribution in [3.8, 4) is 17.2 Å². The van der Waals surface area contributed by atoms with E-state index >= 15 is 0 Å². The van der Waals surface area contributed by atoms with E-state index in [-0.39, 0.29) is 19.0 Å². The van der Waals surface area contributed by atoms with Gasteiger partial charge in [-0.15, -0.1) is 0 Å². The van der Waals surface area contributed by atoms with Crippen LogP contribution in [0.15, 0.2) is 36.4 Å². The highest BCUT2D eigenvalue weighted by molar-refractivity contribution is 5.40. The first-order valence-corrected chi connectivity index (χ1v) is 6.41. The van der Waals surface area contributed by atoms with E-state index in [0.29, 0.717) is 22.6 Å². The quantitative estimate of drug-likeness (QED) is 0.889. The van der Waals surface area contributed by atoms with E-state index < -0.39 is 5.82 Å². The van der Waals surface area contributed by atoms with Gasteiger partial charge in [-0.3, -0.25) is 0 Å². The molecule has 0 aliphatic carbocycles. The second kappa shape index (κ2) is 6.95. The molecule has 2 rings (SSSR count). The molecule has 0 unspecified atom stereocenters. The van der Waals surface area contributed by atoms with Crippen LogP contribution in [0.3, 0.4) is 0 Å². The van der Waals surface area contributed by atoms with Crippen molar-refractivity contribution < 1.29 is 23.7 Å². The number of ether oxygens (including phenoxy) is 3. The fraction of sp³-hybridized carbons (Fsp3) is 0.250. The van der Waals surface area contributed by atoms with Crippen molar-refractivity contribution in [3.05, 3.63) is 53.3 Å². The summed E-state index contributed by atoms with van der Waals surface area (Å²) in [6.07, 6.45) is 0. The van der Waals surface area contributed by atoms with E-state index in [9.17, 15) is 9.50 Å². The lowest BCUT2D eigenvalue weighted by molar-refractivity contribution is 0.257. The van der Waals surface area contributed by atoms with Gasteiger partial charge in [-0.25, -0.2) is 4.39 Å². The van der Waals surface area contributed by atoms with Crippen LogP contribution >= 0.6 is 0 Å². The van der Waals surface area contributed by atoms with Crippen LogP contribution in [-0.4, -0.2) is 19.3 Å². The van der Waals surface area contributed by atoms with E-state index in [1.807, 2.05) is 0 Å². The largest absolute Gasteiger partial charge is 0.497 e. The van der Waals surface area contributed by atoms with E-state index in [1.165, 1.54) is 13.2 Å². The van der Waals surface area contributed by atoms with Gasteiger partial charge >= 0.3 is 0 Å². The fourth-order valence-electron chi connectivity index (χ4n) is 1.89. The molecule has 0 amide bonds. The molecule has 21 heavy (non-hydrogen) atoms. The highest BCUT2D eigenvalue weighted by atomic mass is 19.1. The number of rotatable bonds is 6. The van der Waals surface area contributed by atoms with Gasteiger partial charge in [-0.05, 0) is 29.8 Å². The van der Waals surface area contributed by atoms with Crippen LogP contribution in [0.2, 0.25) is 0 Å². The molecule has 0 aliphatic heterocycles. The zero-order valence-corrected chi connectivity index (χ0v) is 11.9. The molecule has 2 aromatic carbocycles. The molecule has 0 heterocycles. The Morgan fingerprint density at radius 3 is 2.43 bits per heavy atom. The average Bonchev–Trinajstić information content (AvgIpc) is 2.52. The molecule has 0 saturated carbocycles. The van der Waals surface area contributed by atoms with Crippen LogP contribution in [0.4, 0.5) is 4.39 Å². The van der Waals surface area contributed by atoms with Gasteiger partial charge in [0.2, 0.25) is 0 Å². The first kappa shape index (κ1) is 15.1. The van der Waals surface area contributed by atoms with Crippen molar-refractivity contribution in [2.24, 2.45) is 0 Å². The Kier molecular flexibility index (Phi) is 5.00. The molecule has 0 aromatic heterocycles. The van der Waals surface area contributed by atoms with Gasteiger partial charge in [0, 0.05) is 11.6 Å². The first-order valence-electron chi connectivity index (χ1n) is 6.41. The molecule has 0 spiro atoms. The lowest BCUT2D eigenvalue weighted by Gasteiger charge is -2.12. The third-order valence-corrected chi connectivity index (χ3v) is 3.06. The summed E-state index contributed by atoms with van der Waals surface area (Å²) in [6, 6.07) is 9.78. The minimum atomic E-state index is -0.438. The van der Waals surface area contributed by atoms with Crippen LogP contribution in [0, 0.1) is 5.82 Å². The number of aliphatic hydroxyl groups excluding tert-OH is 1. The molecular formula is C16H17FO4. The van der Waals surface area contributed by atoms with Gasteiger partial charge in [0.05, 0.1) is 20.8 Å². The summed E-state index contributed by atoms with van der Waals surface area (Å²) in [4.78, 5) is 0. The second-order valence-corrected chi connectivity index (χ2v) is 4.39. The van der Waals surface area contributed by atoms with Crippen molar-refractivity contribution >= 4 is 0 Å². The number of halogens is 1. The van der Waals surface area contributed by atoms with Gasteiger partial charge in [-0.2, -0.15) is 0 Å². The summed E-state index contributed by atoms with van der Waals surface area (Å²) in [7, 11) is 2.97. The smallest absolute Gasteiger partial charge is 0.165 e. The van der Waals surface area contributed by atoms with Crippen molar-refractivity contribution in [2.45, 2.75) is 13.2 Å². The van der Waals surface area contributed by atoms with Crippen LogP contribution in [0.5, 0.6) is 17.2 Å². The summed E-state index contributed by atoms with van der Waals surface area (Å²) in [5, 5.41) is 9.29. The minimum Gasteiger partial charge on any atom is -0.497 e. The predicted molar refractivity (Wildman–Crippen MR) is 76.2 cm³/mol. The Bertz CT molecular complexity index is 613. The highest BCUT2D eigenvalue weighted by Crippen LogP contribution is 2.26. The number of benzene rings is 2. The lowest BCUT2D eigenvalue weighted by Crippen LogP contribution is -2.00. The van der Waals surface area contributed by atoms with E-state index in [2.05, 4.69) is 0 Å². The van der Waals surface area contributed by atoms with Crippen molar-refractivity contribution in [1.29, 1.82) is 0 Å². The molecule has 2 aromatic rings. The van der Waals surface area contributed by atoms with Gasteiger partial charge in [0.15, 0.2) is 11.6 Å². The van der Waals surface area contributed by atoms with Crippen LogP contribution < -0.4 is 14.2 Å². The summed E-state index contributed by atoms with van der Waals surface area (Å²) < 4.78 is 29.2. The average molecular weight is 292 g/mol. The van der Waals surface area contributed by atoms with Gasteiger partial charge in [0.25, 0.3) is 0 Å². The van der Waals surface area contributed by atoms with Crippen LogP contribution in [0.25, 0.3) is 0 Å². The van der Waals surface area contributed by atoms with Crippen molar-refractivity contribution in [1.82, 2.24) is 0 Å². The number of hydrogen-bond donors (Lipinski definition) is 1. The summed E-state index contributed by atoms with van der Waals surface area (Å²) in [5.74, 6) is 0.888. The maximum Gasteiger partial charge on any atom is 0.165 e. The lowest BCUT2D eigenvalue weighted by atomic mass is 10.2. The van der Waals surface area contributed by atoms with Crippen molar-refractivity contribution in [3.63, 3.8) is 0 Å². The molecule has 112 valence electrons. The summed E-state index contributed by atoms with van der Waals surface area (Å²) >= 11 is 0. The third-order valence-electron chi connectivity index (χ3n) is 3.06. The SMILES string of the molecule is COc1ccc(CO)c(OCc2ccc(OC)c(F)c2)c1. The topological polar surface area (TPSA) is 47.9 Å². The Labute approximate surface area is 122 Å². The molecule has 0 saturated heterocycles. The Morgan fingerprint density at radius 1 is 1.00 bits per heavy atom. The second-order valence-electron chi connectivity index (χ2n) is 4.39. The minimum absolute atomic E-state index is 0.143. The predicted octanol–water partition coefficient (Wildman–Crippen LogP) is 2.91. The van der Waals surface area contributed by atoms with Crippen LogP contribution in [-0.2, 0) is 13.2 Å². The van der Waals surface area contributed by atoms with Gasteiger partial charge < -0.3 is 19.3 Å². The molecule has 5 heteroatoms. The maximum atomic E-state index is 13.6. The van der Waals surface area contributed by atoms with Crippen LogP contribution in [0.1, 0.15) is 11.1 Å². The molecule has 0 atom stereocenters. The molecular weight excluding hydrogens is 275 g/mol. The summed E-state index contributed by atoms with van der Waals surface area (Å²) in [6.45, 7) is 0.0391. The normalized spacial score (nSPS) is 10.3. The van der Waals surface area contributed by atoms with E-state index in [0.717, 1.165) is 0 Å². The standard InChI is InChI=1S/C16H17FO4/c1-19-13-5-4-12(9-18)16(8-13)21-10-11-3-6-15(20-2)14(17)7-11/h3-8,18H,9-10H2,1-2H3. The highest BCUT2D eigenvalue weighted by Gasteiger charge is 2.07. The molecule has 1 N–H and O–H groups in total. The zero-order valence-electron chi connectivity index (χ0n) is 11.9. The molecule has 0 aliphatic rings. The third kappa shape index (κ3) is 3.64. The Balaban J connectivity index is 2.13. The van der Waals surface area contributed by atoms with Crippen molar-refractivity contribution in [2.75, 3.05) is 14.2 Å². The van der Waals surface area contributed by atoms with E-state index in [1.54, 1.807) is 37.4 Å².